The van der Waals surface area contributed by atoms with Crippen LogP contribution in [0.5, 0.6) is 11.5 Å². The van der Waals surface area contributed by atoms with E-state index in [2.05, 4.69) is 10.9 Å². The lowest BCUT2D eigenvalue weighted by molar-refractivity contribution is -0.126. The highest BCUT2D eigenvalue weighted by molar-refractivity contribution is 6.32. The van der Waals surface area contributed by atoms with Crippen molar-refractivity contribution in [1.82, 2.24) is 10.9 Å². The molecule has 0 atom stereocenters. The van der Waals surface area contributed by atoms with Crippen LogP contribution in [-0.2, 0) is 16.0 Å². The van der Waals surface area contributed by atoms with Gasteiger partial charge < -0.3 is 9.47 Å². The van der Waals surface area contributed by atoms with Crippen molar-refractivity contribution in [3.05, 3.63) is 64.7 Å². The van der Waals surface area contributed by atoms with Crippen LogP contribution < -0.4 is 20.3 Å². The average Bonchev–Trinajstić information content (AvgIpc) is 2.67. The second-order valence-corrected chi connectivity index (χ2v) is 5.91. The number of nitrogens with one attached hydrogen (secondary N) is 2. The molecule has 2 aromatic rings. The van der Waals surface area contributed by atoms with Gasteiger partial charge in [-0.3, -0.25) is 20.4 Å². The summed E-state index contributed by atoms with van der Waals surface area (Å²) in [6, 6.07) is 12.6. The van der Waals surface area contributed by atoms with Gasteiger partial charge in [0.2, 0.25) is 5.91 Å². The van der Waals surface area contributed by atoms with Gasteiger partial charge in [-0.2, -0.15) is 0 Å². The fraction of sp³-hybridized carbons (Fsp3) is 0.200. The third kappa shape index (κ3) is 6.34. The number of hydrazine groups is 1. The summed E-state index contributed by atoms with van der Waals surface area (Å²) in [7, 11) is 1.51. The molecule has 0 heterocycles. The van der Waals surface area contributed by atoms with Crippen LogP contribution in [0.1, 0.15) is 18.1 Å². The first-order valence-electron chi connectivity index (χ1n) is 8.34. The van der Waals surface area contributed by atoms with Gasteiger partial charge in [-0.05, 0) is 36.3 Å². The highest BCUT2D eigenvalue weighted by Crippen LogP contribution is 2.36. The molecule has 2 N–H and O–H groups in total. The monoisotopic (exact) mass is 388 g/mol. The van der Waals surface area contributed by atoms with Crippen LogP contribution in [0.2, 0.25) is 5.02 Å². The molecule has 0 radical (unpaired) electrons. The van der Waals surface area contributed by atoms with Crippen molar-refractivity contribution in [1.29, 1.82) is 0 Å². The summed E-state index contributed by atoms with van der Waals surface area (Å²) >= 11 is 6.19. The van der Waals surface area contributed by atoms with Gasteiger partial charge in [0, 0.05) is 6.08 Å². The minimum absolute atomic E-state index is 0.177. The molecule has 7 heteroatoms. The zero-order valence-corrected chi connectivity index (χ0v) is 15.9. The predicted molar refractivity (Wildman–Crippen MR) is 105 cm³/mol. The second kappa shape index (κ2) is 10.2. The van der Waals surface area contributed by atoms with Crippen LogP contribution in [0.15, 0.2) is 48.5 Å². The van der Waals surface area contributed by atoms with Crippen molar-refractivity contribution in [3.63, 3.8) is 0 Å². The summed E-state index contributed by atoms with van der Waals surface area (Å²) < 4.78 is 10.7. The Labute approximate surface area is 163 Å². The lowest BCUT2D eigenvalue weighted by Crippen LogP contribution is -2.41. The van der Waals surface area contributed by atoms with E-state index in [-0.39, 0.29) is 12.3 Å². The van der Waals surface area contributed by atoms with Crippen molar-refractivity contribution in [2.45, 2.75) is 13.3 Å². The number of amides is 2. The molecule has 0 aliphatic carbocycles. The standard InChI is InChI=1S/C20H21ClN2O4/c1-3-27-20-16(21)11-15(12-17(20)26-2)9-10-18(24)22-23-19(25)13-14-7-5-4-6-8-14/h4-12H,3,13H2,1-2H3,(H,22,24)(H,23,25)/b10-9+. The first-order valence-corrected chi connectivity index (χ1v) is 8.72. The molecule has 27 heavy (non-hydrogen) atoms. The molecule has 0 fully saturated rings. The molecule has 142 valence electrons. The first kappa shape index (κ1) is 20.3. The van der Waals surface area contributed by atoms with E-state index in [0.717, 1.165) is 5.56 Å². The Hall–Kier alpha value is -2.99. The van der Waals surface area contributed by atoms with Gasteiger partial charge in [0.15, 0.2) is 11.5 Å². The molecule has 0 aliphatic rings. The lowest BCUT2D eigenvalue weighted by atomic mass is 10.1. The molecule has 6 nitrogen and oxygen atoms in total. The highest BCUT2D eigenvalue weighted by atomic mass is 35.5. The van der Waals surface area contributed by atoms with E-state index >= 15 is 0 Å². The Kier molecular flexibility index (Phi) is 7.70. The number of hydrogen-bond acceptors (Lipinski definition) is 4. The maximum Gasteiger partial charge on any atom is 0.262 e. The summed E-state index contributed by atoms with van der Waals surface area (Å²) in [5.41, 5.74) is 6.22. The zero-order valence-electron chi connectivity index (χ0n) is 15.1. The number of carbonyl (C=O) groups is 2. The fourth-order valence-corrected chi connectivity index (χ4v) is 2.56. The van der Waals surface area contributed by atoms with Gasteiger partial charge in [0.25, 0.3) is 5.91 Å². The van der Waals surface area contributed by atoms with E-state index in [1.165, 1.54) is 13.2 Å². The van der Waals surface area contributed by atoms with Crippen LogP contribution in [0.3, 0.4) is 0 Å². The van der Waals surface area contributed by atoms with E-state index in [4.69, 9.17) is 21.1 Å². The van der Waals surface area contributed by atoms with E-state index in [1.54, 1.807) is 18.2 Å². The zero-order chi connectivity index (χ0) is 19.6. The van der Waals surface area contributed by atoms with Crippen LogP contribution in [0.4, 0.5) is 0 Å². The van der Waals surface area contributed by atoms with E-state index < -0.39 is 5.91 Å². The van der Waals surface area contributed by atoms with Gasteiger partial charge >= 0.3 is 0 Å². The predicted octanol–water partition coefficient (Wildman–Crippen LogP) is 3.15. The summed E-state index contributed by atoms with van der Waals surface area (Å²) in [5, 5.41) is 0.382. The summed E-state index contributed by atoms with van der Waals surface area (Å²) in [4.78, 5) is 23.7. The van der Waals surface area contributed by atoms with Gasteiger partial charge in [0.1, 0.15) is 0 Å². The minimum Gasteiger partial charge on any atom is -0.493 e. The number of ether oxygens (including phenoxy) is 2. The van der Waals surface area contributed by atoms with E-state index in [1.807, 2.05) is 37.3 Å². The van der Waals surface area contributed by atoms with Gasteiger partial charge in [-0.1, -0.05) is 41.9 Å². The number of hydrogen-bond donors (Lipinski definition) is 2. The average molecular weight is 389 g/mol. The Morgan fingerprint density at radius 1 is 1.15 bits per heavy atom. The number of carbonyl (C=O) groups excluding carboxylic acids is 2. The number of methoxy groups -OCH3 is 1. The summed E-state index contributed by atoms with van der Waals surface area (Å²) in [6.45, 7) is 2.30. The Bertz CT molecular complexity index is 822. The normalized spacial score (nSPS) is 10.5. The molecule has 0 bridgehead atoms. The topological polar surface area (TPSA) is 76.7 Å². The van der Waals surface area contributed by atoms with Crippen molar-refractivity contribution in [2.24, 2.45) is 0 Å². The first-order chi connectivity index (χ1) is 13.0. The molecule has 0 unspecified atom stereocenters. The molecule has 2 amide bonds. The molecule has 0 saturated heterocycles. The number of rotatable bonds is 7. The van der Waals surface area contributed by atoms with E-state index in [9.17, 15) is 9.59 Å². The Balaban J connectivity index is 1.92. The van der Waals surface area contributed by atoms with Crippen LogP contribution >= 0.6 is 11.6 Å². The summed E-state index contributed by atoms with van der Waals surface area (Å²) in [5.74, 6) is 0.145. The van der Waals surface area contributed by atoms with Crippen LogP contribution in [0, 0.1) is 0 Å². The van der Waals surface area contributed by atoms with Crippen molar-refractivity contribution < 1.29 is 19.1 Å². The molecule has 0 saturated carbocycles. The van der Waals surface area contributed by atoms with Crippen LogP contribution in [-0.4, -0.2) is 25.5 Å². The number of halogens is 1. The smallest absolute Gasteiger partial charge is 0.262 e. The Morgan fingerprint density at radius 2 is 1.89 bits per heavy atom. The molecule has 0 aliphatic heterocycles. The molecule has 0 spiro atoms. The minimum atomic E-state index is -0.472. The van der Waals surface area contributed by atoms with Gasteiger partial charge in [-0.25, -0.2) is 0 Å². The lowest BCUT2D eigenvalue weighted by Gasteiger charge is -2.11. The van der Waals surface area contributed by atoms with Crippen molar-refractivity contribution in [3.8, 4) is 11.5 Å². The summed E-state index contributed by atoms with van der Waals surface area (Å²) in [6.07, 6.45) is 3.02. The van der Waals surface area contributed by atoms with E-state index in [0.29, 0.717) is 28.7 Å². The maximum absolute atomic E-state index is 11.9. The van der Waals surface area contributed by atoms with Gasteiger partial charge in [0.05, 0.1) is 25.2 Å². The number of benzene rings is 2. The molecular weight excluding hydrogens is 368 g/mol. The highest BCUT2D eigenvalue weighted by Gasteiger charge is 2.11. The maximum atomic E-state index is 11.9. The molecular formula is C20H21ClN2O4. The quantitative estimate of drug-likeness (QED) is 0.564. The Morgan fingerprint density at radius 3 is 2.56 bits per heavy atom. The molecule has 0 aromatic heterocycles. The molecule has 2 rings (SSSR count). The molecule has 2 aromatic carbocycles. The van der Waals surface area contributed by atoms with Crippen molar-refractivity contribution >= 4 is 29.5 Å². The third-order valence-corrected chi connectivity index (χ3v) is 3.78. The van der Waals surface area contributed by atoms with Gasteiger partial charge in [-0.15, -0.1) is 0 Å². The third-order valence-electron chi connectivity index (χ3n) is 3.50. The van der Waals surface area contributed by atoms with Crippen LogP contribution in [0.25, 0.3) is 6.08 Å². The largest absolute Gasteiger partial charge is 0.493 e. The van der Waals surface area contributed by atoms with Crippen molar-refractivity contribution in [2.75, 3.05) is 13.7 Å². The SMILES string of the molecule is CCOc1c(Cl)cc(/C=C/C(=O)NNC(=O)Cc2ccccc2)cc1OC. The fourth-order valence-electron chi connectivity index (χ4n) is 2.29. The second-order valence-electron chi connectivity index (χ2n) is 5.50.